The van der Waals surface area contributed by atoms with Crippen LogP contribution in [0.2, 0.25) is 0 Å². The highest BCUT2D eigenvalue weighted by molar-refractivity contribution is 6.02. The Balaban J connectivity index is 1.49. The van der Waals surface area contributed by atoms with Crippen molar-refractivity contribution in [3.05, 3.63) is 59.5 Å². The molecule has 4 rings (SSSR count). The molecule has 0 unspecified atom stereocenters. The lowest BCUT2D eigenvalue weighted by atomic mass is 9.95. The second-order valence-corrected chi connectivity index (χ2v) is 11.1. The SMILES string of the molecule is COc1cccc2[nH]c(C(=O)N[C@@H](CC(C)C)C(=O)N[C@@H](C[C@@H]3CCNC3=O)C(=O)COC(=O)c3cnccc3C)cc12. The third-order valence-corrected chi connectivity index (χ3v) is 7.41. The smallest absolute Gasteiger partial charge is 0.340 e. The number of esters is 1. The van der Waals surface area contributed by atoms with Crippen molar-refractivity contribution in [2.24, 2.45) is 11.8 Å². The molecular formula is C31H37N5O7. The Hall–Kier alpha value is -4.74. The maximum atomic E-state index is 13.6. The van der Waals surface area contributed by atoms with E-state index >= 15 is 0 Å². The van der Waals surface area contributed by atoms with Gasteiger partial charge in [-0.15, -0.1) is 0 Å². The van der Waals surface area contributed by atoms with Crippen LogP contribution in [0.5, 0.6) is 5.75 Å². The second-order valence-electron chi connectivity index (χ2n) is 11.1. The van der Waals surface area contributed by atoms with Crippen molar-refractivity contribution < 1.29 is 33.4 Å². The van der Waals surface area contributed by atoms with E-state index in [9.17, 15) is 24.0 Å². The van der Waals surface area contributed by atoms with Crippen molar-refractivity contribution in [2.75, 3.05) is 20.3 Å². The Kier molecular flexibility index (Phi) is 10.1. The van der Waals surface area contributed by atoms with Gasteiger partial charge in [-0.2, -0.15) is 0 Å². The molecule has 1 saturated heterocycles. The van der Waals surface area contributed by atoms with Gasteiger partial charge >= 0.3 is 5.97 Å². The third-order valence-electron chi connectivity index (χ3n) is 7.41. The number of carbonyl (C=O) groups excluding carboxylic acids is 5. The fourth-order valence-electron chi connectivity index (χ4n) is 5.06. The zero-order valence-electron chi connectivity index (χ0n) is 24.7. The molecule has 228 valence electrons. The fourth-order valence-corrected chi connectivity index (χ4v) is 5.06. The summed E-state index contributed by atoms with van der Waals surface area (Å²) in [4.78, 5) is 72.0. The maximum absolute atomic E-state index is 13.6. The van der Waals surface area contributed by atoms with Gasteiger partial charge in [0.1, 0.15) is 17.5 Å². The number of benzene rings is 1. The van der Waals surface area contributed by atoms with Crippen LogP contribution in [0.15, 0.2) is 42.7 Å². The number of H-pyrrole nitrogens is 1. The molecular weight excluding hydrogens is 554 g/mol. The zero-order valence-corrected chi connectivity index (χ0v) is 24.7. The number of Topliss-reactive ketones (excluding diaryl/α,β-unsaturated/α-hetero) is 1. The summed E-state index contributed by atoms with van der Waals surface area (Å²) >= 11 is 0. The van der Waals surface area contributed by atoms with Gasteiger partial charge in [0, 0.05) is 35.8 Å². The average Bonchev–Trinajstić information content (AvgIpc) is 3.60. The molecule has 0 spiro atoms. The highest BCUT2D eigenvalue weighted by atomic mass is 16.5. The summed E-state index contributed by atoms with van der Waals surface area (Å²) in [6.07, 6.45) is 3.72. The molecule has 0 bridgehead atoms. The standard InChI is InChI=1S/C31H37N5O7/c1-17(2)12-24(36-30(40)25-14-20-22(34-25)6-5-7-27(20)42-4)29(39)35-23(13-19-9-11-33-28(19)38)26(37)16-43-31(41)21-15-32-10-8-18(21)3/h5-8,10,14-15,17,19,23-24,34H,9,11-13,16H2,1-4H3,(H,33,38)(H,35,39)(H,36,40)/t19-,23-,24-/m0/s1. The van der Waals surface area contributed by atoms with E-state index < -0.39 is 48.2 Å². The lowest BCUT2D eigenvalue weighted by Gasteiger charge is -2.25. The molecule has 1 aliphatic heterocycles. The van der Waals surface area contributed by atoms with Gasteiger partial charge in [0.25, 0.3) is 5.91 Å². The first kappa shape index (κ1) is 31.2. The van der Waals surface area contributed by atoms with Crippen LogP contribution in [0.25, 0.3) is 10.9 Å². The summed E-state index contributed by atoms with van der Waals surface area (Å²) in [5.74, 6) is -2.46. The van der Waals surface area contributed by atoms with Crippen LogP contribution in [0.4, 0.5) is 0 Å². The van der Waals surface area contributed by atoms with Crippen LogP contribution in [-0.2, 0) is 19.1 Å². The quantitative estimate of drug-likeness (QED) is 0.220. The number of carbonyl (C=O) groups is 5. The largest absolute Gasteiger partial charge is 0.496 e. The molecule has 0 radical (unpaired) electrons. The van der Waals surface area contributed by atoms with E-state index in [1.54, 1.807) is 31.2 Å². The van der Waals surface area contributed by atoms with E-state index in [2.05, 4.69) is 25.9 Å². The molecule has 3 aromatic rings. The summed E-state index contributed by atoms with van der Waals surface area (Å²) in [6, 6.07) is 6.59. The minimum atomic E-state index is -1.12. The number of amides is 3. The van der Waals surface area contributed by atoms with Gasteiger partial charge in [0.2, 0.25) is 11.8 Å². The predicted molar refractivity (Wildman–Crippen MR) is 157 cm³/mol. The van der Waals surface area contributed by atoms with Crippen molar-refractivity contribution in [1.82, 2.24) is 25.9 Å². The summed E-state index contributed by atoms with van der Waals surface area (Å²) in [5.41, 5.74) is 1.81. The van der Waals surface area contributed by atoms with E-state index in [-0.39, 0.29) is 29.5 Å². The number of ketones is 1. The van der Waals surface area contributed by atoms with Crippen LogP contribution in [0, 0.1) is 18.8 Å². The summed E-state index contributed by atoms with van der Waals surface area (Å²) in [6.45, 7) is 5.40. The number of nitrogens with zero attached hydrogens (tertiary/aromatic N) is 1. The molecule has 3 amide bonds. The second kappa shape index (κ2) is 14.0. The lowest BCUT2D eigenvalue weighted by molar-refractivity contribution is -0.131. The van der Waals surface area contributed by atoms with Gasteiger partial charge in [-0.3, -0.25) is 24.2 Å². The van der Waals surface area contributed by atoms with Gasteiger partial charge in [-0.1, -0.05) is 19.9 Å². The summed E-state index contributed by atoms with van der Waals surface area (Å²) in [7, 11) is 1.54. The summed E-state index contributed by atoms with van der Waals surface area (Å²) < 4.78 is 10.6. The molecule has 1 aliphatic rings. The van der Waals surface area contributed by atoms with Gasteiger partial charge in [-0.05, 0) is 61.9 Å². The Bertz CT molecular complexity index is 1520. The van der Waals surface area contributed by atoms with E-state index in [1.165, 1.54) is 19.5 Å². The number of aryl methyl sites for hydroxylation is 1. The van der Waals surface area contributed by atoms with Crippen molar-refractivity contribution in [3.63, 3.8) is 0 Å². The van der Waals surface area contributed by atoms with Crippen molar-refractivity contribution >= 4 is 40.4 Å². The Labute approximate surface area is 249 Å². The molecule has 1 aromatic carbocycles. The highest BCUT2D eigenvalue weighted by Gasteiger charge is 2.34. The first-order valence-corrected chi connectivity index (χ1v) is 14.2. The first-order valence-electron chi connectivity index (χ1n) is 14.2. The summed E-state index contributed by atoms with van der Waals surface area (Å²) in [5, 5.41) is 8.96. The molecule has 12 nitrogen and oxygen atoms in total. The number of ether oxygens (including phenoxy) is 2. The van der Waals surface area contributed by atoms with E-state index in [0.717, 1.165) is 5.39 Å². The zero-order chi connectivity index (χ0) is 31.1. The predicted octanol–water partition coefficient (Wildman–Crippen LogP) is 2.46. The number of pyridine rings is 1. The van der Waals surface area contributed by atoms with Crippen molar-refractivity contribution in [1.29, 1.82) is 0 Å². The average molecular weight is 592 g/mol. The minimum absolute atomic E-state index is 0.0253. The minimum Gasteiger partial charge on any atom is -0.496 e. The molecule has 0 aliphatic carbocycles. The van der Waals surface area contributed by atoms with Crippen LogP contribution in [0.3, 0.4) is 0 Å². The number of methoxy groups -OCH3 is 1. The number of aromatic nitrogens is 2. The Morgan fingerprint density at radius 2 is 1.91 bits per heavy atom. The van der Waals surface area contributed by atoms with Gasteiger partial charge in [0.15, 0.2) is 12.4 Å². The topological polar surface area (TPSA) is 169 Å². The normalized spacial score (nSPS) is 15.9. The fraction of sp³-hybridized carbons (Fsp3) is 0.419. The molecule has 43 heavy (non-hydrogen) atoms. The first-order chi connectivity index (χ1) is 20.6. The lowest BCUT2D eigenvalue weighted by Crippen LogP contribution is -2.53. The third kappa shape index (κ3) is 7.76. The van der Waals surface area contributed by atoms with Crippen LogP contribution < -0.4 is 20.7 Å². The molecule has 2 aromatic heterocycles. The van der Waals surface area contributed by atoms with Gasteiger partial charge < -0.3 is 30.4 Å². The van der Waals surface area contributed by atoms with E-state index in [4.69, 9.17) is 9.47 Å². The van der Waals surface area contributed by atoms with Crippen LogP contribution in [-0.4, -0.2) is 71.8 Å². The Morgan fingerprint density at radius 1 is 1.12 bits per heavy atom. The molecule has 0 saturated carbocycles. The Morgan fingerprint density at radius 3 is 2.58 bits per heavy atom. The molecule has 12 heteroatoms. The monoisotopic (exact) mass is 591 g/mol. The number of hydrogen-bond acceptors (Lipinski definition) is 8. The number of nitrogens with one attached hydrogen (secondary N) is 4. The number of rotatable bonds is 13. The number of hydrogen-bond donors (Lipinski definition) is 4. The van der Waals surface area contributed by atoms with E-state index in [0.29, 0.717) is 36.2 Å². The van der Waals surface area contributed by atoms with Crippen LogP contribution >= 0.6 is 0 Å². The van der Waals surface area contributed by atoms with Crippen LogP contribution in [0.1, 0.15) is 59.5 Å². The number of fused-ring (bicyclic) bond motifs is 1. The van der Waals surface area contributed by atoms with Crippen molar-refractivity contribution in [2.45, 2.75) is 52.1 Å². The molecule has 1 fully saturated rings. The molecule has 4 N–H and O–H groups in total. The maximum Gasteiger partial charge on any atom is 0.340 e. The van der Waals surface area contributed by atoms with E-state index in [1.807, 2.05) is 19.9 Å². The highest BCUT2D eigenvalue weighted by Crippen LogP contribution is 2.26. The number of aromatic amines is 1. The molecule has 3 heterocycles. The molecule has 3 atom stereocenters. The van der Waals surface area contributed by atoms with Gasteiger partial charge in [0.05, 0.1) is 18.7 Å². The van der Waals surface area contributed by atoms with Gasteiger partial charge in [-0.25, -0.2) is 4.79 Å². The van der Waals surface area contributed by atoms with Crippen molar-refractivity contribution in [3.8, 4) is 5.75 Å².